The molecule has 0 spiro atoms. The molecule has 28 heavy (non-hydrogen) atoms. The summed E-state index contributed by atoms with van der Waals surface area (Å²) < 4.78 is 8.17. The number of nitrogens with zero attached hydrogens (tertiary/aromatic N) is 2. The first kappa shape index (κ1) is 16.7. The van der Waals surface area contributed by atoms with Gasteiger partial charge in [-0.1, -0.05) is 65.9 Å². The van der Waals surface area contributed by atoms with Crippen LogP contribution in [0.1, 0.15) is 11.1 Å². The maximum atomic E-state index is 12.8. The molecule has 0 saturated heterocycles. The van der Waals surface area contributed by atoms with Gasteiger partial charge in [0.15, 0.2) is 4.96 Å². The molecular weight excluding hydrogens is 368 g/mol. The van der Waals surface area contributed by atoms with Crippen LogP contribution in [-0.2, 0) is 6.61 Å². The average Bonchev–Trinajstić information content (AvgIpc) is 3.24. The monoisotopic (exact) mass is 384 g/mol. The van der Waals surface area contributed by atoms with Gasteiger partial charge in [-0.3, -0.25) is 4.79 Å². The molecule has 4 nitrogen and oxygen atoms in total. The van der Waals surface area contributed by atoms with Crippen LogP contribution in [0.5, 0.6) is 5.75 Å². The molecule has 0 aliphatic carbocycles. The van der Waals surface area contributed by atoms with Crippen LogP contribution in [0, 0.1) is 0 Å². The van der Waals surface area contributed by atoms with Gasteiger partial charge in [-0.05, 0) is 41.5 Å². The summed E-state index contributed by atoms with van der Waals surface area (Å²) in [5, 5.41) is 0. The van der Waals surface area contributed by atoms with Gasteiger partial charge in [-0.25, -0.2) is 9.38 Å². The summed E-state index contributed by atoms with van der Waals surface area (Å²) in [4.78, 5) is 18.1. The van der Waals surface area contributed by atoms with E-state index in [-0.39, 0.29) is 5.56 Å². The van der Waals surface area contributed by atoms with E-state index >= 15 is 0 Å². The highest BCUT2D eigenvalue weighted by Gasteiger charge is 2.10. The number of benzene rings is 3. The van der Waals surface area contributed by atoms with Gasteiger partial charge in [0.1, 0.15) is 12.4 Å². The Morgan fingerprint density at radius 1 is 0.929 bits per heavy atom. The zero-order chi connectivity index (χ0) is 18.9. The largest absolute Gasteiger partial charge is 0.489 e. The van der Waals surface area contributed by atoms with E-state index in [1.54, 1.807) is 4.40 Å². The van der Waals surface area contributed by atoms with Crippen LogP contribution in [0.2, 0.25) is 0 Å². The van der Waals surface area contributed by atoms with E-state index in [0.29, 0.717) is 11.1 Å². The van der Waals surface area contributed by atoms with Crippen molar-refractivity contribution < 1.29 is 4.74 Å². The quantitative estimate of drug-likeness (QED) is 0.470. The molecule has 0 aliphatic heterocycles. The molecule has 0 N–H and O–H groups in total. The Morgan fingerprint density at radius 2 is 1.68 bits per heavy atom. The molecule has 0 atom stereocenters. The van der Waals surface area contributed by atoms with Gasteiger partial charge < -0.3 is 4.74 Å². The smallest absolute Gasteiger partial charge is 0.274 e. The minimum Gasteiger partial charge on any atom is -0.489 e. The van der Waals surface area contributed by atoms with Gasteiger partial charge in [0.05, 0.1) is 15.6 Å². The van der Waals surface area contributed by atoms with Gasteiger partial charge in [0, 0.05) is 0 Å². The summed E-state index contributed by atoms with van der Waals surface area (Å²) in [5.74, 6) is 0.801. The first-order chi connectivity index (χ1) is 13.8. The molecule has 3 aromatic carbocycles. The van der Waals surface area contributed by atoms with Crippen LogP contribution < -0.4 is 14.8 Å². The summed E-state index contributed by atoms with van der Waals surface area (Å²) in [5.41, 5.74) is 3.75. The molecule has 0 bridgehead atoms. The van der Waals surface area contributed by atoms with Crippen LogP contribution in [0.25, 0.3) is 22.1 Å². The molecule has 2 aromatic heterocycles. The van der Waals surface area contributed by atoms with Crippen molar-refractivity contribution in [1.29, 1.82) is 0 Å². The standard InChI is InChI=1S/C23H16N2O2S/c26-22-21(28-23-24-19-8-4-5-9-20(19)25(22)23)14-16-10-12-18(13-11-16)27-15-17-6-2-1-3-7-17/h1-14H,15H2. The lowest BCUT2D eigenvalue weighted by atomic mass is 10.2. The van der Waals surface area contributed by atoms with Gasteiger partial charge in [0.25, 0.3) is 5.56 Å². The molecule has 0 fully saturated rings. The predicted molar refractivity (Wildman–Crippen MR) is 113 cm³/mol. The Balaban J connectivity index is 1.43. The zero-order valence-corrected chi connectivity index (χ0v) is 15.7. The molecule has 136 valence electrons. The molecule has 0 amide bonds. The minimum absolute atomic E-state index is 0.0295. The molecule has 0 aliphatic rings. The Morgan fingerprint density at radius 3 is 2.50 bits per heavy atom. The zero-order valence-electron chi connectivity index (χ0n) is 14.9. The third-order valence-corrected chi connectivity index (χ3v) is 5.54. The fraction of sp³-hybridized carbons (Fsp3) is 0.0435. The third kappa shape index (κ3) is 3.06. The lowest BCUT2D eigenvalue weighted by Gasteiger charge is -2.06. The van der Waals surface area contributed by atoms with E-state index in [9.17, 15) is 4.79 Å². The number of fused-ring (bicyclic) bond motifs is 3. The van der Waals surface area contributed by atoms with Crippen LogP contribution in [0.3, 0.4) is 0 Å². The summed E-state index contributed by atoms with van der Waals surface area (Å²) in [7, 11) is 0. The number of imidazole rings is 1. The maximum absolute atomic E-state index is 12.8. The second-order valence-corrected chi connectivity index (χ2v) is 7.49. The van der Waals surface area contributed by atoms with Crippen molar-refractivity contribution in [3.63, 3.8) is 0 Å². The highest BCUT2D eigenvalue weighted by molar-refractivity contribution is 7.15. The second kappa shape index (κ2) is 6.94. The minimum atomic E-state index is -0.0295. The summed E-state index contributed by atoms with van der Waals surface area (Å²) in [6.07, 6.45) is 1.90. The number of hydrogen-bond acceptors (Lipinski definition) is 4. The number of rotatable bonds is 4. The molecular formula is C23H16N2O2S. The van der Waals surface area contributed by atoms with Crippen molar-refractivity contribution in [3.8, 4) is 5.75 Å². The van der Waals surface area contributed by atoms with Crippen molar-refractivity contribution in [2.24, 2.45) is 0 Å². The fourth-order valence-electron chi connectivity index (χ4n) is 3.16. The van der Waals surface area contributed by atoms with Crippen LogP contribution in [-0.4, -0.2) is 9.38 Å². The number of hydrogen-bond donors (Lipinski definition) is 0. The number of aromatic nitrogens is 2. The van der Waals surface area contributed by atoms with Crippen LogP contribution in [0.15, 0.2) is 83.7 Å². The van der Waals surface area contributed by atoms with E-state index < -0.39 is 0 Å². The number of ether oxygens (including phenoxy) is 1. The second-order valence-electron chi connectivity index (χ2n) is 6.48. The van der Waals surface area contributed by atoms with E-state index in [4.69, 9.17) is 4.74 Å². The SMILES string of the molecule is O=c1c(=Cc2ccc(OCc3ccccc3)cc2)sc2nc3ccccc3n12. The normalized spacial score (nSPS) is 12.1. The molecule has 5 rings (SSSR count). The summed E-state index contributed by atoms with van der Waals surface area (Å²) in [6, 6.07) is 25.5. The van der Waals surface area contributed by atoms with Gasteiger partial charge in [-0.2, -0.15) is 0 Å². The van der Waals surface area contributed by atoms with E-state index in [1.165, 1.54) is 11.3 Å². The predicted octanol–water partition coefficient (Wildman–Crippen LogP) is 4.04. The van der Waals surface area contributed by atoms with E-state index in [0.717, 1.165) is 32.9 Å². The highest BCUT2D eigenvalue weighted by Crippen LogP contribution is 2.17. The molecule has 0 unspecified atom stereocenters. The number of para-hydroxylation sites is 2. The van der Waals surface area contributed by atoms with Crippen molar-refractivity contribution in [2.45, 2.75) is 6.61 Å². The lowest BCUT2D eigenvalue weighted by Crippen LogP contribution is -2.22. The summed E-state index contributed by atoms with van der Waals surface area (Å²) >= 11 is 1.41. The Bertz CT molecular complexity index is 1370. The molecule has 0 radical (unpaired) electrons. The lowest BCUT2D eigenvalue weighted by molar-refractivity contribution is 0.306. The first-order valence-electron chi connectivity index (χ1n) is 8.96. The van der Waals surface area contributed by atoms with Crippen molar-refractivity contribution in [2.75, 3.05) is 0 Å². The Kier molecular flexibility index (Phi) is 4.14. The Labute approximate surface area is 165 Å². The topological polar surface area (TPSA) is 43.6 Å². The summed E-state index contributed by atoms with van der Waals surface area (Å²) in [6.45, 7) is 0.532. The highest BCUT2D eigenvalue weighted by atomic mass is 32.1. The fourth-order valence-corrected chi connectivity index (χ4v) is 4.15. The molecule has 0 saturated carbocycles. The van der Waals surface area contributed by atoms with Gasteiger partial charge >= 0.3 is 0 Å². The van der Waals surface area contributed by atoms with Crippen molar-refractivity contribution >= 4 is 33.4 Å². The van der Waals surface area contributed by atoms with Crippen molar-refractivity contribution in [1.82, 2.24) is 9.38 Å². The molecule has 5 aromatic rings. The number of thiazole rings is 1. The molecule has 2 heterocycles. The third-order valence-electron chi connectivity index (χ3n) is 4.57. The van der Waals surface area contributed by atoms with E-state index in [1.807, 2.05) is 84.9 Å². The average molecular weight is 384 g/mol. The Hall–Kier alpha value is -3.44. The van der Waals surface area contributed by atoms with E-state index in [2.05, 4.69) is 4.98 Å². The molecule has 5 heteroatoms. The van der Waals surface area contributed by atoms with Crippen molar-refractivity contribution in [3.05, 3.63) is 105 Å². The van der Waals surface area contributed by atoms with Gasteiger partial charge in [0.2, 0.25) is 0 Å². The van der Waals surface area contributed by atoms with Crippen LogP contribution in [0.4, 0.5) is 0 Å². The first-order valence-corrected chi connectivity index (χ1v) is 9.78. The van der Waals surface area contributed by atoms with Gasteiger partial charge in [-0.15, -0.1) is 0 Å². The van der Waals surface area contributed by atoms with Crippen LogP contribution >= 0.6 is 11.3 Å². The maximum Gasteiger partial charge on any atom is 0.274 e.